The third-order valence-corrected chi connectivity index (χ3v) is 8.63. The van der Waals surface area contributed by atoms with Crippen LogP contribution in [0.25, 0.3) is 10.8 Å². The smallest absolute Gasteiger partial charge is 0.411 e. The number of nitrogens with two attached hydrogens (primary N) is 1. The number of nitrogens with one attached hydrogen (secondary N) is 3. The zero-order chi connectivity index (χ0) is 32.4. The monoisotopic (exact) mass is 619 g/mol. The molecule has 2 aromatic heterocycles. The van der Waals surface area contributed by atoms with E-state index in [2.05, 4.69) is 42.8 Å². The summed E-state index contributed by atoms with van der Waals surface area (Å²) >= 11 is 0. The number of pyridine rings is 1. The van der Waals surface area contributed by atoms with Crippen LogP contribution in [0.5, 0.6) is 0 Å². The maximum absolute atomic E-state index is 14.2. The summed E-state index contributed by atoms with van der Waals surface area (Å²) in [4.78, 5) is 32.9. The second kappa shape index (κ2) is 12.5. The van der Waals surface area contributed by atoms with Crippen molar-refractivity contribution in [2.45, 2.75) is 44.7 Å². The van der Waals surface area contributed by atoms with Crippen LogP contribution in [-0.4, -0.2) is 62.2 Å². The van der Waals surface area contributed by atoms with Crippen LogP contribution in [0.4, 0.5) is 22.0 Å². The molecule has 1 saturated carbocycles. The first-order valence-electron chi connectivity index (χ1n) is 15.2. The highest BCUT2D eigenvalue weighted by Gasteiger charge is 2.51. The Hall–Kier alpha value is -5.52. The van der Waals surface area contributed by atoms with E-state index >= 15 is 0 Å². The van der Waals surface area contributed by atoms with Crippen molar-refractivity contribution >= 4 is 40.0 Å². The van der Waals surface area contributed by atoms with Gasteiger partial charge in [-0.25, -0.2) is 9.78 Å². The van der Waals surface area contributed by atoms with Crippen molar-refractivity contribution in [3.05, 3.63) is 102 Å². The lowest BCUT2D eigenvalue weighted by Crippen LogP contribution is -2.39. The van der Waals surface area contributed by atoms with E-state index in [0.29, 0.717) is 17.3 Å². The number of ether oxygens (including phenoxy) is 1. The second-order valence-electron chi connectivity index (χ2n) is 12.0. The molecule has 6 rings (SSSR count). The number of hydrogen-bond donors (Lipinski definition) is 4. The van der Waals surface area contributed by atoms with E-state index in [4.69, 9.17) is 10.5 Å². The molecule has 0 radical (unpaired) electrons. The third-order valence-electron chi connectivity index (χ3n) is 8.63. The number of nitrogens with zero attached hydrogens (tertiary/aromatic N) is 5. The number of nitrogen functional groups attached to an aromatic ring is 1. The minimum Gasteiger partial charge on any atom is -0.449 e. The number of anilines is 3. The first-order valence-corrected chi connectivity index (χ1v) is 15.2. The van der Waals surface area contributed by atoms with Crippen LogP contribution in [0.15, 0.2) is 84.6 Å². The minimum atomic E-state index is -0.706. The number of carbonyl (C=O) groups excluding carboxylic acids is 2. The van der Waals surface area contributed by atoms with E-state index in [0.717, 1.165) is 51.6 Å². The molecule has 1 fully saturated rings. The first kappa shape index (κ1) is 30.5. The molecule has 5 N–H and O–H groups in total. The Kier molecular flexibility index (Phi) is 8.27. The van der Waals surface area contributed by atoms with Gasteiger partial charge in [0.15, 0.2) is 5.82 Å². The molecular formula is C34H37N9O3. The molecule has 0 spiro atoms. The molecule has 1 aliphatic heterocycles. The number of amides is 2. The number of H-pyrrole nitrogens is 1. The number of fused-ring (bicyclic) bond motifs is 3. The molecule has 2 aromatic carbocycles. The highest BCUT2D eigenvalue weighted by Crippen LogP contribution is 2.53. The molecule has 3 heterocycles. The van der Waals surface area contributed by atoms with Crippen molar-refractivity contribution in [3.8, 4) is 0 Å². The highest BCUT2D eigenvalue weighted by molar-refractivity contribution is 5.94. The number of aromatic nitrogens is 5. The van der Waals surface area contributed by atoms with E-state index in [-0.39, 0.29) is 25.0 Å². The summed E-state index contributed by atoms with van der Waals surface area (Å²) in [6, 6.07) is 12.6. The Morgan fingerprint density at radius 2 is 2.00 bits per heavy atom. The standard InChI is InChI=1S/C34H37N9O3/c1-20(2)26-6-5-7-29(37-24-8-10-27-22(16-24)12-15-36-30(27)35)31(44)43(4)18-23-17-25(38-33(45)46-19-21(26)3)9-11-28(23)34(13-14-34)32-39-41-42-40-32/h5-12,15-17,21,29,37H,1,13-14,18-19H2,2-4H3,(H2,35,36)(H,38,45)(H,39,40,41,42). The van der Waals surface area contributed by atoms with Crippen LogP contribution >= 0.6 is 0 Å². The molecule has 1 aliphatic carbocycles. The fourth-order valence-corrected chi connectivity index (χ4v) is 6.05. The Morgan fingerprint density at radius 1 is 1.17 bits per heavy atom. The van der Waals surface area contributed by atoms with E-state index in [1.807, 2.05) is 74.5 Å². The molecule has 46 heavy (non-hydrogen) atoms. The van der Waals surface area contributed by atoms with E-state index in [1.54, 1.807) is 18.1 Å². The van der Waals surface area contributed by atoms with Gasteiger partial charge < -0.3 is 20.7 Å². The van der Waals surface area contributed by atoms with Crippen molar-refractivity contribution in [1.82, 2.24) is 30.5 Å². The number of rotatable bonds is 5. The molecule has 12 nitrogen and oxygen atoms in total. The van der Waals surface area contributed by atoms with Crippen molar-refractivity contribution in [1.29, 1.82) is 0 Å². The lowest BCUT2D eigenvalue weighted by Gasteiger charge is -2.26. The average molecular weight is 620 g/mol. The molecule has 2 aliphatic rings. The number of tetrazole rings is 1. The quantitative estimate of drug-likeness (QED) is 0.238. The molecule has 4 aromatic rings. The summed E-state index contributed by atoms with van der Waals surface area (Å²) < 4.78 is 5.60. The van der Waals surface area contributed by atoms with E-state index in [1.165, 1.54) is 0 Å². The van der Waals surface area contributed by atoms with E-state index in [9.17, 15) is 9.59 Å². The molecule has 2 bridgehead atoms. The summed E-state index contributed by atoms with van der Waals surface area (Å²) in [7, 11) is 1.77. The predicted molar refractivity (Wildman–Crippen MR) is 177 cm³/mol. The number of carbonyl (C=O) groups is 2. The van der Waals surface area contributed by atoms with Gasteiger partial charge in [0.1, 0.15) is 11.9 Å². The van der Waals surface area contributed by atoms with E-state index < -0.39 is 17.6 Å². The number of likely N-dealkylation sites (N-methyl/N-ethyl adjacent to an activating group) is 1. The maximum Gasteiger partial charge on any atom is 0.411 e. The normalized spacial score (nSPS) is 20.1. The molecule has 2 unspecified atom stereocenters. The SMILES string of the molecule is C=C(C)C1=CC=CC(Nc2ccc3c(N)nccc3c2)C(=O)N(C)Cc2cc(ccc2C2(c3nn[nH]n3)CC2)NC(=O)OCC1C. The second-order valence-corrected chi connectivity index (χ2v) is 12.0. The van der Waals surface area contributed by atoms with Gasteiger partial charge in [0.05, 0.1) is 12.0 Å². The molecule has 2 amide bonds. The average Bonchev–Trinajstić information content (AvgIpc) is 3.63. The van der Waals surface area contributed by atoms with Gasteiger partial charge in [0.25, 0.3) is 0 Å². The van der Waals surface area contributed by atoms with Crippen LogP contribution < -0.4 is 16.4 Å². The summed E-state index contributed by atoms with van der Waals surface area (Å²) in [6.07, 6.45) is 8.38. The molecule has 2 atom stereocenters. The van der Waals surface area contributed by atoms with Crippen LogP contribution in [0.1, 0.15) is 43.6 Å². The Labute approximate surface area is 266 Å². The minimum absolute atomic E-state index is 0.132. The lowest BCUT2D eigenvalue weighted by atomic mass is 9.89. The molecule has 12 heteroatoms. The van der Waals surface area contributed by atoms with Gasteiger partial charge in [-0.05, 0) is 78.2 Å². The van der Waals surface area contributed by atoms with Gasteiger partial charge in [0.2, 0.25) is 5.91 Å². The Bertz CT molecular complexity index is 1860. The van der Waals surface area contributed by atoms with Gasteiger partial charge in [-0.15, -0.1) is 10.2 Å². The fourth-order valence-electron chi connectivity index (χ4n) is 6.05. The van der Waals surface area contributed by atoms with Crippen LogP contribution in [0, 0.1) is 5.92 Å². The lowest BCUT2D eigenvalue weighted by molar-refractivity contribution is -0.130. The zero-order valence-electron chi connectivity index (χ0n) is 26.1. The van der Waals surface area contributed by atoms with Gasteiger partial charge in [-0.2, -0.15) is 5.21 Å². The Morgan fingerprint density at radius 3 is 2.74 bits per heavy atom. The zero-order valence-corrected chi connectivity index (χ0v) is 26.1. The largest absolute Gasteiger partial charge is 0.449 e. The fraction of sp³-hybridized carbons (Fsp3) is 0.294. The van der Waals surface area contributed by atoms with Crippen molar-refractivity contribution in [2.75, 3.05) is 30.0 Å². The molecule has 0 saturated heterocycles. The van der Waals surface area contributed by atoms with Crippen LogP contribution in [-0.2, 0) is 21.5 Å². The topological polar surface area (TPSA) is 164 Å². The highest BCUT2D eigenvalue weighted by atomic mass is 16.5. The first-order chi connectivity index (χ1) is 22.1. The number of allylic oxidation sites excluding steroid dienone is 3. The van der Waals surface area contributed by atoms with Crippen molar-refractivity contribution < 1.29 is 14.3 Å². The predicted octanol–water partition coefficient (Wildman–Crippen LogP) is 5.11. The maximum atomic E-state index is 14.2. The van der Waals surface area contributed by atoms with Crippen molar-refractivity contribution in [2.24, 2.45) is 5.92 Å². The Balaban J connectivity index is 1.39. The number of cyclic esters (lactones) is 1. The summed E-state index contributed by atoms with van der Waals surface area (Å²) in [5.74, 6) is 0.772. The van der Waals surface area contributed by atoms with Gasteiger partial charge in [-0.1, -0.05) is 48.6 Å². The molecular weight excluding hydrogens is 582 g/mol. The van der Waals surface area contributed by atoms with Gasteiger partial charge >= 0.3 is 6.09 Å². The number of aromatic amines is 1. The molecule has 236 valence electrons. The van der Waals surface area contributed by atoms with Crippen molar-refractivity contribution in [3.63, 3.8) is 0 Å². The summed E-state index contributed by atoms with van der Waals surface area (Å²) in [5.41, 5.74) is 10.6. The van der Waals surface area contributed by atoms with Crippen LogP contribution in [0.2, 0.25) is 0 Å². The van der Waals surface area contributed by atoms with Gasteiger partial charge in [-0.3, -0.25) is 10.1 Å². The van der Waals surface area contributed by atoms with Gasteiger partial charge in [0, 0.05) is 42.5 Å². The third kappa shape index (κ3) is 6.19. The summed E-state index contributed by atoms with van der Waals surface area (Å²) in [5, 5.41) is 22.9. The summed E-state index contributed by atoms with van der Waals surface area (Å²) in [6.45, 7) is 8.42. The number of hydrogen-bond acceptors (Lipinski definition) is 9. The van der Waals surface area contributed by atoms with Crippen LogP contribution in [0.3, 0.4) is 0 Å². The number of benzene rings is 2.